The average Bonchev–Trinajstić information content (AvgIpc) is 2.56. The molecule has 24 heavy (non-hydrogen) atoms. The van der Waals surface area contributed by atoms with Crippen molar-refractivity contribution in [3.05, 3.63) is 18.0 Å². The maximum Gasteiger partial charge on any atom is 0.223 e. The van der Waals surface area contributed by atoms with E-state index in [1.807, 2.05) is 19.9 Å². The number of aromatic nitrogens is 3. The van der Waals surface area contributed by atoms with Gasteiger partial charge in [0, 0.05) is 23.7 Å². The maximum atomic E-state index is 9.61. The van der Waals surface area contributed by atoms with Gasteiger partial charge in [-0.2, -0.15) is 0 Å². The highest BCUT2D eigenvalue weighted by Gasteiger charge is 2.20. The second kappa shape index (κ2) is 7.02. The van der Waals surface area contributed by atoms with Crippen molar-refractivity contribution in [1.82, 2.24) is 15.0 Å². The third-order valence-electron chi connectivity index (χ3n) is 4.17. The Balaban J connectivity index is 1.90. The summed E-state index contributed by atoms with van der Waals surface area (Å²) in [6.45, 7) is 4.09. The van der Waals surface area contributed by atoms with Crippen LogP contribution in [0.25, 0.3) is 10.9 Å². The van der Waals surface area contributed by atoms with E-state index in [0.717, 1.165) is 36.6 Å². The summed E-state index contributed by atoms with van der Waals surface area (Å²) in [5, 5.41) is 17.2. The number of nitrogens with zero attached hydrogens (tertiary/aromatic N) is 3. The van der Waals surface area contributed by atoms with Crippen LogP contribution in [0.1, 0.15) is 45.2 Å². The summed E-state index contributed by atoms with van der Waals surface area (Å²) in [5.41, 5.74) is 1.33. The van der Waals surface area contributed by atoms with Gasteiger partial charge in [0.2, 0.25) is 5.95 Å². The number of aliphatic hydroxyl groups is 1. The number of nitrogens with one attached hydrogen (secondary N) is 2. The van der Waals surface area contributed by atoms with Crippen molar-refractivity contribution in [1.29, 1.82) is 0 Å². The normalized spacial score (nSPS) is 20.8. The molecule has 0 amide bonds. The molecule has 1 aliphatic rings. The first-order valence-corrected chi connectivity index (χ1v) is 8.40. The molecule has 0 aromatic carbocycles. The van der Waals surface area contributed by atoms with Crippen molar-refractivity contribution in [3.63, 3.8) is 0 Å². The average molecular weight is 325 g/mol. The van der Waals surface area contributed by atoms with Gasteiger partial charge in [0.05, 0.1) is 6.10 Å². The van der Waals surface area contributed by atoms with Crippen molar-refractivity contribution in [2.24, 2.45) is 0 Å². The van der Waals surface area contributed by atoms with Crippen LogP contribution < -0.4 is 10.6 Å². The number of hydrogen-bond acceptors (Lipinski definition) is 6. The Morgan fingerprint density at radius 1 is 1.25 bits per heavy atom. The van der Waals surface area contributed by atoms with Gasteiger partial charge in [-0.25, -0.2) is 15.0 Å². The van der Waals surface area contributed by atoms with E-state index in [0.29, 0.717) is 23.5 Å². The summed E-state index contributed by atoms with van der Waals surface area (Å²) >= 11 is 0. The van der Waals surface area contributed by atoms with E-state index < -0.39 is 0 Å². The molecule has 1 aliphatic carbocycles. The predicted octanol–water partition coefficient (Wildman–Crippen LogP) is 2.54. The highest BCUT2D eigenvalue weighted by Crippen LogP contribution is 2.24. The summed E-state index contributed by atoms with van der Waals surface area (Å²) < 4.78 is 0. The van der Waals surface area contributed by atoms with Crippen LogP contribution in [0.3, 0.4) is 0 Å². The summed E-state index contributed by atoms with van der Waals surface area (Å²) in [6, 6.07) is 2.34. The molecule has 126 valence electrons. The minimum atomic E-state index is -0.172. The van der Waals surface area contributed by atoms with E-state index in [9.17, 15) is 5.11 Å². The molecule has 2 heterocycles. The minimum Gasteiger partial charge on any atom is -0.393 e. The van der Waals surface area contributed by atoms with Gasteiger partial charge in [0.15, 0.2) is 5.82 Å². The van der Waals surface area contributed by atoms with Gasteiger partial charge in [0.25, 0.3) is 0 Å². The van der Waals surface area contributed by atoms with Gasteiger partial charge in [-0.1, -0.05) is 5.92 Å². The van der Waals surface area contributed by atoms with Crippen LogP contribution in [-0.4, -0.2) is 38.2 Å². The highest BCUT2D eigenvalue weighted by atomic mass is 16.3. The van der Waals surface area contributed by atoms with Crippen LogP contribution in [0.5, 0.6) is 0 Å². The van der Waals surface area contributed by atoms with Crippen molar-refractivity contribution in [2.45, 2.75) is 57.7 Å². The van der Waals surface area contributed by atoms with Gasteiger partial charge in [-0.15, -0.1) is 6.42 Å². The van der Waals surface area contributed by atoms with E-state index in [2.05, 4.69) is 31.5 Å². The molecule has 0 saturated heterocycles. The third kappa shape index (κ3) is 3.74. The molecule has 0 atom stereocenters. The van der Waals surface area contributed by atoms with E-state index in [1.54, 1.807) is 6.20 Å². The lowest BCUT2D eigenvalue weighted by molar-refractivity contribution is 0.126. The summed E-state index contributed by atoms with van der Waals surface area (Å²) in [6.07, 6.45) is 10.6. The standard InChI is InChI=1S/C18H23N5O/c1-4-13-9-12-10-19-18(22-14-5-7-15(24)8-6-14)23-16(12)17(21-13)20-11(2)3/h1,9-11,14-15,24H,5-8H2,2-3H3,(H,20,21)(H,19,22,23). The van der Waals surface area contributed by atoms with Crippen molar-refractivity contribution >= 4 is 22.7 Å². The van der Waals surface area contributed by atoms with Crippen molar-refractivity contribution < 1.29 is 5.11 Å². The lowest BCUT2D eigenvalue weighted by Crippen LogP contribution is -2.28. The molecule has 1 saturated carbocycles. The number of fused-ring (bicyclic) bond motifs is 1. The molecule has 2 aromatic rings. The van der Waals surface area contributed by atoms with Crippen LogP contribution >= 0.6 is 0 Å². The Kier molecular flexibility index (Phi) is 4.81. The number of rotatable bonds is 4. The first-order valence-electron chi connectivity index (χ1n) is 8.40. The topological polar surface area (TPSA) is 83.0 Å². The number of anilines is 2. The number of aliphatic hydroxyl groups excluding tert-OH is 1. The molecule has 0 aliphatic heterocycles. The van der Waals surface area contributed by atoms with E-state index in [4.69, 9.17) is 6.42 Å². The van der Waals surface area contributed by atoms with Gasteiger partial charge in [-0.05, 0) is 45.6 Å². The number of hydrogen-bond donors (Lipinski definition) is 3. The number of pyridine rings is 1. The quantitative estimate of drug-likeness (QED) is 0.749. The Morgan fingerprint density at radius 3 is 2.67 bits per heavy atom. The van der Waals surface area contributed by atoms with Gasteiger partial charge in [-0.3, -0.25) is 0 Å². The Morgan fingerprint density at radius 2 is 2.00 bits per heavy atom. The van der Waals surface area contributed by atoms with E-state index in [1.165, 1.54) is 0 Å². The molecule has 1 fully saturated rings. The first-order chi connectivity index (χ1) is 11.5. The molecule has 0 radical (unpaired) electrons. The fourth-order valence-electron chi connectivity index (χ4n) is 2.96. The van der Waals surface area contributed by atoms with Crippen LogP contribution in [0.4, 0.5) is 11.8 Å². The molecule has 2 aromatic heterocycles. The van der Waals surface area contributed by atoms with Crippen molar-refractivity contribution in [3.8, 4) is 12.3 Å². The van der Waals surface area contributed by atoms with Gasteiger partial charge < -0.3 is 15.7 Å². The first kappa shape index (κ1) is 16.5. The second-order valence-electron chi connectivity index (χ2n) is 6.58. The monoisotopic (exact) mass is 325 g/mol. The second-order valence-corrected chi connectivity index (χ2v) is 6.58. The SMILES string of the molecule is C#Cc1cc2cnc(NC3CCC(O)CC3)nc2c(NC(C)C)n1. The molecule has 0 spiro atoms. The van der Waals surface area contributed by atoms with Crippen LogP contribution in [0.15, 0.2) is 12.3 Å². The molecule has 3 rings (SSSR count). The molecule has 6 nitrogen and oxygen atoms in total. The number of terminal acetylenes is 1. The van der Waals surface area contributed by atoms with Crippen molar-refractivity contribution in [2.75, 3.05) is 10.6 Å². The molecular weight excluding hydrogens is 302 g/mol. The zero-order chi connectivity index (χ0) is 17.1. The third-order valence-corrected chi connectivity index (χ3v) is 4.17. The van der Waals surface area contributed by atoms with E-state index >= 15 is 0 Å². The lowest BCUT2D eigenvalue weighted by atomic mass is 9.93. The Hall–Kier alpha value is -2.39. The fourth-order valence-corrected chi connectivity index (χ4v) is 2.96. The summed E-state index contributed by atoms with van der Waals surface area (Å²) in [7, 11) is 0. The predicted molar refractivity (Wildman–Crippen MR) is 95.9 cm³/mol. The zero-order valence-corrected chi connectivity index (χ0v) is 14.1. The lowest BCUT2D eigenvalue weighted by Gasteiger charge is -2.26. The molecule has 6 heteroatoms. The molecule has 3 N–H and O–H groups in total. The zero-order valence-electron chi connectivity index (χ0n) is 14.1. The molecular formula is C18H23N5O. The Labute approximate surface area is 142 Å². The van der Waals surface area contributed by atoms with Gasteiger partial charge >= 0.3 is 0 Å². The fraction of sp³-hybridized carbons (Fsp3) is 0.500. The van der Waals surface area contributed by atoms with Crippen LogP contribution in [0, 0.1) is 12.3 Å². The molecule has 0 unspecified atom stereocenters. The highest BCUT2D eigenvalue weighted by molar-refractivity contribution is 5.89. The largest absolute Gasteiger partial charge is 0.393 e. The summed E-state index contributed by atoms with van der Waals surface area (Å²) in [5.74, 6) is 3.84. The Bertz CT molecular complexity index is 760. The van der Waals surface area contributed by atoms with Crippen LogP contribution in [0.2, 0.25) is 0 Å². The maximum absolute atomic E-state index is 9.61. The minimum absolute atomic E-state index is 0.172. The smallest absolute Gasteiger partial charge is 0.223 e. The summed E-state index contributed by atoms with van der Waals surface area (Å²) in [4.78, 5) is 13.5. The molecule has 0 bridgehead atoms. The van der Waals surface area contributed by atoms with Crippen LogP contribution in [-0.2, 0) is 0 Å². The van der Waals surface area contributed by atoms with E-state index in [-0.39, 0.29) is 12.1 Å². The van der Waals surface area contributed by atoms with Gasteiger partial charge in [0.1, 0.15) is 11.2 Å².